The van der Waals surface area contributed by atoms with Gasteiger partial charge in [-0.2, -0.15) is 0 Å². The minimum Gasteiger partial charge on any atom is -0.348 e. The van der Waals surface area contributed by atoms with Crippen LogP contribution >= 0.6 is 0 Å². The summed E-state index contributed by atoms with van der Waals surface area (Å²) in [5.74, 6) is 0.117. The highest BCUT2D eigenvalue weighted by atomic mass is 16.1. The monoisotopic (exact) mass is 142 g/mol. The van der Waals surface area contributed by atoms with Crippen molar-refractivity contribution in [3.8, 4) is 0 Å². The maximum atomic E-state index is 10.9. The van der Waals surface area contributed by atoms with Gasteiger partial charge >= 0.3 is 0 Å². The maximum Gasteiger partial charge on any atom is 0.207 e. The number of rotatable bonds is 2. The molecular formula is C6H10N2O2. The van der Waals surface area contributed by atoms with Crippen molar-refractivity contribution >= 4 is 12.2 Å². The molecule has 4 heteroatoms. The third-order valence-electron chi connectivity index (χ3n) is 1.55. The Morgan fingerprint density at radius 2 is 2.50 bits per heavy atom. The highest BCUT2D eigenvalue weighted by Crippen LogP contribution is 1.94. The van der Waals surface area contributed by atoms with Crippen LogP contribution in [0.5, 0.6) is 0 Å². The van der Waals surface area contributed by atoms with Crippen LogP contribution in [-0.2, 0) is 9.59 Å². The summed E-state index contributed by atoms with van der Waals surface area (Å²) in [6, 6.07) is -0.300. The van der Waals surface area contributed by atoms with Crippen LogP contribution in [0, 0.1) is 0 Å². The van der Waals surface area contributed by atoms with Gasteiger partial charge in [0.15, 0.2) is 5.78 Å². The van der Waals surface area contributed by atoms with Crippen molar-refractivity contribution in [3.05, 3.63) is 0 Å². The van der Waals surface area contributed by atoms with Gasteiger partial charge in [-0.25, -0.2) is 0 Å². The molecule has 1 heterocycles. The first-order chi connectivity index (χ1) is 4.84. The molecule has 0 bridgehead atoms. The van der Waals surface area contributed by atoms with Gasteiger partial charge in [0.1, 0.15) is 0 Å². The van der Waals surface area contributed by atoms with Crippen LogP contribution in [0.2, 0.25) is 0 Å². The van der Waals surface area contributed by atoms with E-state index in [1.54, 1.807) is 0 Å². The van der Waals surface area contributed by atoms with E-state index in [1.807, 2.05) is 0 Å². The van der Waals surface area contributed by atoms with Gasteiger partial charge < -0.3 is 10.6 Å². The summed E-state index contributed by atoms with van der Waals surface area (Å²) in [7, 11) is 0. The summed E-state index contributed by atoms with van der Waals surface area (Å²) >= 11 is 0. The Balaban J connectivity index is 2.39. The molecule has 1 fully saturated rings. The summed E-state index contributed by atoms with van der Waals surface area (Å²) in [5.41, 5.74) is 0. The molecule has 1 amide bonds. The van der Waals surface area contributed by atoms with Crippen molar-refractivity contribution < 1.29 is 9.59 Å². The number of hydrogen-bond acceptors (Lipinski definition) is 3. The molecule has 0 radical (unpaired) electrons. The molecule has 0 aromatic rings. The van der Waals surface area contributed by atoms with Gasteiger partial charge in [-0.3, -0.25) is 9.59 Å². The Kier molecular flexibility index (Phi) is 2.39. The molecule has 10 heavy (non-hydrogen) atoms. The van der Waals surface area contributed by atoms with E-state index in [0.29, 0.717) is 19.4 Å². The minimum absolute atomic E-state index is 0.117. The summed E-state index contributed by atoms with van der Waals surface area (Å²) in [6.45, 7) is 1.30. The van der Waals surface area contributed by atoms with E-state index in [-0.39, 0.29) is 11.8 Å². The molecule has 1 aliphatic rings. The van der Waals surface area contributed by atoms with E-state index in [1.165, 1.54) is 0 Å². The second-order valence-electron chi connectivity index (χ2n) is 2.26. The molecule has 0 aromatic carbocycles. The number of amides is 1. The van der Waals surface area contributed by atoms with E-state index in [2.05, 4.69) is 10.6 Å². The van der Waals surface area contributed by atoms with Crippen LogP contribution in [-0.4, -0.2) is 31.3 Å². The summed E-state index contributed by atoms with van der Waals surface area (Å²) < 4.78 is 0. The van der Waals surface area contributed by atoms with Gasteiger partial charge in [0.05, 0.1) is 6.04 Å². The molecule has 56 valence electrons. The number of ketones is 1. The fraction of sp³-hybridized carbons (Fsp3) is 0.667. The zero-order chi connectivity index (χ0) is 7.40. The first kappa shape index (κ1) is 7.21. The molecule has 4 nitrogen and oxygen atoms in total. The Morgan fingerprint density at radius 1 is 1.70 bits per heavy atom. The predicted molar refractivity (Wildman–Crippen MR) is 35.5 cm³/mol. The Hall–Kier alpha value is -0.900. The van der Waals surface area contributed by atoms with Crippen molar-refractivity contribution in [2.24, 2.45) is 0 Å². The highest BCUT2D eigenvalue weighted by Gasteiger charge is 2.20. The van der Waals surface area contributed by atoms with Gasteiger partial charge in [0.2, 0.25) is 6.41 Å². The number of piperidine rings is 1. The van der Waals surface area contributed by atoms with Crippen LogP contribution in [0.4, 0.5) is 0 Å². The first-order valence-corrected chi connectivity index (χ1v) is 3.27. The van der Waals surface area contributed by atoms with Crippen LogP contribution in [0.3, 0.4) is 0 Å². The quantitative estimate of drug-likeness (QED) is 0.469. The second-order valence-corrected chi connectivity index (χ2v) is 2.26. The third-order valence-corrected chi connectivity index (χ3v) is 1.55. The van der Waals surface area contributed by atoms with Gasteiger partial charge in [0.25, 0.3) is 0 Å². The molecule has 0 aromatic heterocycles. The highest BCUT2D eigenvalue weighted by molar-refractivity contribution is 5.86. The molecule has 0 saturated carbocycles. The van der Waals surface area contributed by atoms with Crippen molar-refractivity contribution in [1.29, 1.82) is 0 Å². The SMILES string of the molecule is O=CNC1CNCCC1=O. The van der Waals surface area contributed by atoms with Crippen LogP contribution in [0.1, 0.15) is 6.42 Å². The molecule has 1 saturated heterocycles. The van der Waals surface area contributed by atoms with Gasteiger partial charge in [-0.05, 0) is 0 Å². The topological polar surface area (TPSA) is 58.2 Å². The van der Waals surface area contributed by atoms with Crippen LogP contribution in [0.25, 0.3) is 0 Å². The Bertz CT molecular complexity index is 147. The average Bonchev–Trinajstić information content (AvgIpc) is 1.94. The number of carbonyl (C=O) groups excluding carboxylic acids is 2. The standard InChI is InChI=1S/C6H10N2O2/c9-4-8-5-3-7-2-1-6(5)10/h4-5,7H,1-3H2,(H,8,9). The van der Waals surface area contributed by atoms with E-state index < -0.39 is 0 Å². The normalized spacial score (nSPS) is 26.0. The van der Waals surface area contributed by atoms with Crippen molar-refractivity contribution in [1.82, 2.24) is 10.6 Å². The number of nitrogens with one attached hydrogen (secondary N) is 2. The Morgan fingerprint density at radius 3 is 3.10 bits per heavy atom. The smallest absolute Gasteiger partial charge is 0.207 e. The molecule has 1 atom stereocenters. The van der Waals surface area contributed by atoms with Crippen LogP contribution in [0.15, 0.2) is 0 Å². The lowest BCUT2D eigenvalue weighted by molar-refractivity contribution is -0.124. The summed E-state index contributed by atoms with van der Waals surface area (Å²) in [6.07, 6.45) is 1.08. The van der Waals surface area contributed by atoms with Crippen molar-refractivity contribution in [2.45, 2.75) is 12.5 Å². The molecule has 2 N–H and O–H groups in total. The Labute approximate surface area is 59.0 Å². The van der Waals surface area contributed by atoms with Gasteiger partial charge in [-0.1, -0.05) is 0 Å². The molecule has 1 rings (SSSR count). The lowest BCUT2D eigenvalue weighted by atomic mass is 10.1. The molecule has 0 spiro atoms. The zero-order valence-electron chi connectivity index (χ0n) is 5.59. The third kappa shape index (κ3) is 1.54. The van der Waals surface area contributed by atoms with E-state index >= 15 is 0 Å². The van der Waals surface area contributed by atoms with Crippen molar-refractivity contribution in [3.63, 3.8) is 0 Å². The van der Waals surface area contributed by atoms with E-state index in [0.717, 1.165) is 6.54 Å². The van der Waals surface area contributed by atoms with E-state index in [9.17, 15) is 9.59 Å². The van der Waals surface area contributed by atoms with Crippen LogP contribution < -0.4 is 10.6 Å². The van der Waals surface area contributed by atoms with E-state index in [4.69, 9.17) is 0 Å². The fourth-order valence-corrected chi connectivity index (χ4v) is 0.980. The van der Waals surface area contributed by atoms with Gasteiger partial charge in [-0.15, -0.1) is 0 Å². The second kappa shape index (κ2) is 3.31. The largest absolute Gasteiger partial charge is 0.348 e. The average molecular weight is 142 g/mol. The fourth-order valence-electron chi connectivity index (χ4n) is 0.980. The molecular weight excluding hydrogens is 132 g/mol. The number of carbonyl (C=O) groups is 2. The minimum atomic E-state index is -0.300. The molecule has 1 unspecified atom stereocenters. The van der Waals surface area contributed by atoms with Crippen molar-refractivity contribution in [2.75, 3.05) is 13.1 Å². The molecule has 0 aliphatic carbocycles. The lowest BCUT2D eigenvalue weighted by Crippen LogP contribution is -2.49. The maximum absolute atomic E-state index is 10.9. The number of hydrogen-bond donors (Lipinski definition) is 2. The first-order valence-electron chi connectivity index (χ1n) is 3.27. The molecule has 1 aliphatic heterocycles. The summed E-state index contributed by atoms with van der Waals surface area (Å²) in [5, 5.41) is 5.45. The van der Waals surface area contributed by atoms with Gasteiger partial charge in [0, 0.05) is 19.5 Å². The lowest BCUT2D eigenvalue weighted by Gasteiger charge is -2.20. The summed E-state index contributed by atoms with van der Waals surface area (Å²) in [4.78, 5) is 20.9. The number of Topliss-reactive ketones (excluding diaryl/α,β-unsaturated/α-hetero) is 1. The predicted octanol–water partition coefficient (Wildman–Crippen LogP) is -1.34. The zero-order valence-corrected chi connectivity index (χ0v) is 5.59.